The molecule has 13 rings (SSSR count). The van der Waals surface area contributed by atoms with E-state index in [-0.39, 0.29) is 5.43 Å². The average molecular weight is 767 g/mol. The zero-order chi connectivity index (χ0) is 39.5. The van der Waals surface area contributed by atoms with Gasteiger partial charge >= 0.3 is 0 Å². The van der Waals surface area contributed by atoms with E-state index in [1.54, 1.807) is 0 Å². The van der Waals surface area contributed by atoms with Crippen LogP contribution in [0.3, 0.4) is 0 Å². The van der Waals surface area contributed by atoms with Crippen LogP contribution in [0.5, 0.6) is 0 Å². The van der Waals surface area contributed by atoms with Gasteiger partial charge in [-0.2, -0.15) is 0 Å². The van der Waals surface area contributed by atoms with Crippen LogP contribution in [0.15, 0.2) is 211 Å². The number of para-hydroxylation sites is 8. The number of hydrogen-bond acceptors (Lipinski definition) is 1. The Bertz CT molecular complexity index is 3600. The summed E-state index contributed by atoms with van der Waals surface area (Å²) in [6.45, 7) is 0. The molecule has 3 heterocycles. The zero-order valence-electron chi connectivity index (χ0n) is 32.3. The van der Waals surface area contributed by atoms with E-state index >= 15 is 4.79 Å². The van der Waals surface area contributed by atoms with Gasteiger partial charge in [0.1, 0.15) is 0 Å². The summed E-state index contributed by atoms with van der Waals surface area (Å²) in [7, 11) is 0. The maximum Gasteiger partial charge on any atom is 0.198 e. The standard InChI is InChI=1S/C55H34N4O/c60-55-53-49(58-41-25-11-7-21-37(41)38-22-8-12-26-42(38)58)33-31-47-51(53)52-48(32-34-50(54(52)55)59-43-27-13-9-23-39(43)40-24-10-14-28-44(40)59)57(36-19-5-2-6-20-36)46-30-16-15-29-45(46)56(47)35-17-3-1-4-18-35/h1-34H. The van der Waals surface area contributed by atoms with Crippen LogP contribution in [0, 0.1) is 0 Å². The molecule has 0 spiro atoms. The predicted octanol–water partition coefficient (Wildman–Crippen LogP) is 13.4. The highest BCUT2D eigenvalue weighted by Gasteiger charge is 2.27. The number of benzene rings is 9. The van der Waals surface area contributed by atoms with Gasteiger partial charge in [-0.05, 0) is 84.9 Å². The van der Waals surface area contributed by atoms with Gasteiger partial charge in [0.25, 0.3) is 0 Å². The summed E-state index contributed by atoms with van der Waals surface area (Å²) in [5, 5.41) is 7.83. The molecule has 13 aromatic rings. The van der Waals surface area contributed by atoms with Crippen molar-refractivity contribution in [1.29, 1.82) is 0 Å². The molecule has 0 N–H and O–H groups in total. The van der Waals surface area contributed by atoms with Crippen molar-refractivity contribution < 1.29 is 0 Å². The Balaban J connectivity index is 1.35. The summed E-state index contributed by atoms with van der Waals surface area (Å²) in [6.07, 6.45) is 0. The summed E-state index contributed by atoms with van der Waals surface area (Å²) in [6, 6.07) is 72.7. The third-order valence-corrected chi connectivity index (χ3v) is 12.5. The predicted molar refractivity (Wildman–Crippen MR) is 250 cm³/mol. The highest BCUT2D eigenvalue weighted by Crippen LogP contribution is 2.44. The topological polar surface area (TPSA) is 36.8 Å². The van der Waals surface area contributed by atoms with Crippen LogP contribution < -0.4 is 5.43 Å². The average Bonchev–Trinajstić information content (AvgIpc) is 3.94. The lowest BCUT2D eigenvalue weighted by molar-refractivity contribution is 1.12. The first kappa shape index (κ1) is 32.9. The molecule has 0 aliphatic carbocycles. The Morgan fingerprint density at radius 1 is 0.233 bits per heavy atom. The molecule has 0 bridgehead atoms. The van der Waals surface area contributed by atoms with Gasteiger partial charge in [0.05, 0.1) is 66.3 Å². The Morgan fingerprint density at radius 2 is 0.533 bits per heavy atom. The SMILES string of the molecule is O=c1c2c(-n3c4ccccc4c4ccccc43)ccc3c2c2c1c(-n1c4ccccc4c4ccccc41)ccc2n(-c1ccccc1)c1ccccc1n3-c1ccccc1. The van der Waals surface area contributed by atoms with Crippen LogP contribution in [0.2, 0.25) is 0 Å². The molecule has 0 aliphatic rings. The summed E-state index contributed by atoms with van der Waals surface area (Å²) in [5.74, 6) is 0. The Hall–Kier alpha value is -8.15. The Morgan fingerprint density at radius 3 is 0.883 bits per heavy atom. The smallest absolute Gasteiger partial charge is 0.198 e. The van der Waals surface area contributed by atoms with E-state index in [2.05, 4.69) is 225 Å². The molecule has 0 atom stereocenters. The van der Waals surface area contributed by atoms with Gasteiger partial charge in [-0.3, -0.25) is 4.79 Å². The molecule has 0 saturated heterocycles. The number of fused-ring (bicyclic) bond motifs is 7. The van der Waals surface area contributed by atoms with Crippen molar-refractivity contribution >= 4 is 87.2 Å². The van der Waals surface area contributed by atoms with Crippen molar-refractivity contribution in [3.05, 3.63) is 216 Å². The second-order valence-corrected chi connectivity index (χ2v) is 15.6. The minimum absolute atomic E-state index is 0.00408. The minimum Gasteiger partial charge on any atom is -0.308 e. The molecule has 10 aromatic carbocycles. The van der Waals surface area contributed by atoms with Crippen LogP contribution in [0.1, 0.15) is 0 Å². The molecule has 0 radical (unpaired) electrons. The maximum absolute atomic E-state index is 16.3. The lowest BCUT2D eigenvalue weighted by Crippen LogP contribution is -2.05. The molecule has 5 nitrogen and oxygen atoms in total. The fourth-order valence-corrected chi connectivity index (χ4v) is 10.2. The maximum atomic E-state index is 16.3. The molecule has 0 unspecified atom stereocenters. The van der Waals surface area contributed by atoms with Crippen LogP contribution in [-0.2, 0) is 0 Å². The monoisotopic (exact) mass is 766 g/mol. The van der Waals surface area contributed by atoms with Crippen molar-refractivity contribution in [3.8, 4) is 22.7 Å². The highest BCUT2D eigenvalue weighted by molar-refractivity contribution is 6.29. The molecule has 280 valence electrons. The third kappa shape index (κ3) is 4.38. The van der Waals surface area contributed by atoms with Gasteiger partial charge in [-0.15, -0.1) is 0 Å². The van der Waals surface area contributed by atoms with Crippen molar-refractivity contribution in [3.63, 3.8) is 0 Å². The summed E-state index contributed by atoms with van der Waals surface area (Å²) in [5.41, 5.74) is 11.9. The minimum atomic E-state index is 0.00408. The fourth-order valence-electron chi connectivity index (χ4n) is 10.2. The molecular formula is C55H34N4O. The molecule has 3 aromatic heterocycles. The van der Waals surface area contributed by atoms with E-state index < -0.39 is 0 Å². The number of rotatable bonds is 4. The van der Waals surface area contributed by atoms with E-state index in [1.807, 2.05) is 0 Å². The molecular weight excluding hydrogens is 733 g/mol. The van der Waals surface area contributed by atoms with E-state index in [4.69, 9.17) is 0 Å². The van der Waals surface area contributed by atoms with Crippen molar-refractivity contribution in [1.82, 2.24) is 18.3 Å². The van der Waals surface area contributed by atoms with Gasteiger partial charge in [-0.25, -0.2) is 0 Å². The molecule has 0 saturated carbocycles. The second-order valence-electron chi connectivity index (χ2n) is 15.6. The van der Waals surface area contributed by atoms with E-state index in [0.717, 1.165) is 99.2 Å². The summed E-state index contributed by atoms with van der Waals surface area (Å²) >= 11 is 0. The zero-order valence-corrected chi connectivity index (χ0v) is 32.3. The van der Waals surface area contributed by atoms with E-state index in [9.17, 15) is 0 Å². The molecule has 0 amide bonds. The molecule has 5 heteroatoms. The molecule has 0 aliphatic heterocycles. The fraction of sp³-hybridized carbons (Fsp3) is 0. The second kappa shape index (κ2) is 12.4. The van der Waals surface area contributed by atoms with Gasteiger partial charge < -0.3 is 18.3 Å². The first-order valence-electron chi connectivity index (χ1n) is 20.4. The van der Waals surface area contributed by atoms with Gasteiger partial charge in [-0.1, -0.05) is 121 Å². The van der Waals surface area contributed by atoms with Crippen molar-refractivity contribution in [2.24, 2.45) is 0 Å². The van der Waals surface area contributed by atoms with E-state index in [0.29, 0.717) is 10.8 Å². The Labute approximate surface area is 343 Å². The molecule has 0 fully saturated rings. The summed E-state index contributed by atoms with van der Waals surface area (Å²) < 4.78 is 9.30. The lowest BCUT2D eigenvalue weighted by atomic mass is 10.1. The van der Waals surface area contributed by atoms with Gasteiger partial charge in [0.15, 0.2) is 5.43 Å². The van der Waals surface area contributed by atoms with Crippen molar-refractivity contribution in [2.75, 3.05) is 0 Å². The number of nitrogens with zero attached hydrogens (tertiary/aromatic N) is 4. The van der Waals surface area contributed by atoms with Gasteiger partial charge in [0, 0.05) is 43.7 Å². The quantitative estimate of drug-likeness (QED) is 0.176. The summed E-state index contributed by atoms with van der Waals surface area (Å²) in [4.78, 5) is 16.3. The molecule has 60 heavy (non-hydrogen) atoms. The first-order chi connectivity index (χ1) is 29.8. The first-order valence-corrected chi connectivity index (χ1v) is 20.4. The van der Waals surface area contributed by atoms with Crippen LogP contribution in [0.25, 0.3) is 110 Å². The lowest BCUT2D eigenvalue weighted by Gasteiger charge is -2.21. The van der Waals surface area contributed by atoms with Crippen LogP contribution in [-0.4, -0.2) is 18.3 Å². The van der Waals surface area contributed by atoms with Crippen molar-refractivity contribution in [2.45, 2.75) is 0 Å². The third-order valence-electron chi connectivity index (χ3n) is 12.5. The Kier molecular flexibility index (Phi) is 6.81. The van der Waals surface area contributed by atoms with E-state index in [1.165, 1.54) is 0 Å². The highest BCUT2D eigenvalue weighted by atomic mass is 16.1. The number of hydrogen-bond donors (Lipinski definition) is 0. The van der Waals surface area contributed by atoms with Crippen LogP contribution in [0.4, 0.5) is 0 Å². The largest absolute Gasteiger partial charge is 0.308 e. The normalized spacial score (nSPS) is 12.1. The van der Waals surface area contributed by atoms with Crippen LogP contribution >= 0.6 is 0 Å². The van der Waals surface area contributed by atoms with Gasteiger partial charge in [0.2, 0.25) is 0 Å². The number of aromatic nitrogens is 4.